The summed E-state index contributed by atoms with van der Waals surface area (Å²) < 4.78 is 5.00. The molecule has 0 aromatic heterocycles. The van der Waals surface area contributed by atoms with E-state index < -0.39 is 0 Å². The van der Waals surface area contributed by atoms with E-state index in [1.165, 1.54) is 0 Å². The van der Waals surface area contributed by atoms with Crippen LogP contribution in [0.2, 0.25) is 0 Å². The summed E-state index contributed by atoms with van der Waals surface area (Å²) in [7, 11) is 0. The molecular weight excluding hydrogens is 172 g/mol. The van der Waals surface area contributed by atoms with Crippen molar-refractivity contribution in [2.45, 2.75) is 30.8 Å². The predicted molar refractivity (Wildman–Crippen MR) is 51.2 cm³/mol. The topological polar surface area (TPSA) is 26.3 Å². The summed E-state index contributed by atoms with van der Waals surface area (Å²) in [5.41, 5.74) is 0. The molecule has 0 spiro atoms. The van der Waals surface area contributed by atoms with Crippen LogP contribution in [0.25, 0.3) is 0 Å². The van der Waals surface area contributed by atoms with E-state index in [4.69, 9.17) is 4.74 Å². The fourth-order valence-electron chi connectivity index (χ4n) is 0.934. The number of allylic oxidation sites excluding steroid dienone is 1. The summed E-state index contributed by atoms with van der Waals surface area (Å²) in [5, 5.41) is 0.451. The monoisotopic (exact) mass is 186 g/mol. The molecule has 68 valence electrons. The van der Waals surface area contributed by atoms with Crippen molar-refractivity contribution in [2.24, 2.45) is 0 Å². The van der Waals surface area contributed by atoms with E-state index in [1.807, 2.05) is 26.0 Å². The number of esters is 1. The second kappa shape index (κ2) is 4.55. The highest BCUT2D eigenvalue weighted by Crippen LogP contribution is 2.43. The molecule has 2 nitrogen and oxygen atoms in total. The number of carbonyl (C=O) groups is 1. The maximum Gasteiger partial charge on any atom is 0.320 e. The summed E-state index contributed by atoms with van der Waals surface area (Å²) in [4.78, 5) is 11.2. The van der Waals surface area contributed by atoms with Crippen molar-refractivity contribution in [3.05, 3.63) is 12.2 Å². The SMILES string of the molecule is C/C=C/C1SC1C(=O)OCCC. The van der Waals surface area contributed by atoms with E-state index >= 15 is 0 Å². The molecule has 3 heteroatoms. The lowest BCUT2D eigenvalue weighted by Crippen LogP contribution is -2.13. The van der Waals surface area contributed by atoms with Crippen molar-refractivity contribution in [3.8, 4) is 0 Å². The maximum atomic E-state index is 11.2. The summed E-state index contributed by atoms with van der Waals surface area (Å²) >= 11 is 1.66. The van der Waals surface area contributed by atoms with Gasteiger partial charge in [0.05, 0.1) is 6.61 Å². The molecule has 0 aromatic rings. The van der Waals surface area contributed by atoms with Crippen LogP contribution in [0.5, 0.6) is 0 Å². The Kier molecular flexibility index (Phi) is 3.66. The molecule has 0 N–H and O–H groups in total. The van der Waals surface area contributed by atoms with Crippen molar-refractivity contribution < 1.29 is 9.53 Å². The van der Waals surface area contributed by atoms with Crippen LogP contribution in [-0.4, -0.2) is 23.1 Å². The highest BCUT2D eigenvalue weighted by atomic mass is 32.2. The molecule has 12 heavy (non-hydrogen) atoms. The van der Waals surface area contributed by atoms with Gasteiger partial charge in [0.2, 0.25) is 0 Å². The first-order valence-electron chi connectivity index (χ1n) is 4.24. The Labute approximate surface area is 77.4 Å². The maximum absolute atomic E-state index is 11.2. The molecule has 0 bridgehead atoms. The molecule has 0 aliphatic carbocycles. The molecule has 2 atom stereocenters. The minimum absolute atomic E-state index is 0.0510. The number of thioether (sulfide) groups is 1. The summed E-state index contributed by atoms with van der Waals surface area (Å²) in [6.45, 7) is 4.52. The molecular formula is C9H14O2S. The van der Waals surface area contributed by atoms with Gasteiger partial charge in [-0.25, -0.2) is 0 Å². The second-order valence-electron chi connectivity index (χ2n) is 2.71. The second-order valence-corrected chi connectivity index (χ2v) is 4.04. The fourth-order valence-corrected chi connectivity index (χ4v) is 1.81. The Morgan fingerprint density at radius 3 is 3.00 bits per heavy atom. The van der Waals surface area contributed by atoms with Crippen LogP contribution < -0.4 is 0 Å². The zero-order valence-electron chi connectivity index (χ0n) is 7.45. The van der Waals surface area contributed by atoms with Gasteiger partial charge in [0.1, 0.15) is 5.25 Å². The van der Waals surface area contributed by atoms with Crippen molar-refractivity contribution in [2.75, 3.05) is 6.61 Å². The Balaban J connectivity index is 2.19. The third-order valence-corrected chi connectivity index (χ3v) is 2.80. The van der Waals surface area contributed by atoms with Crippen LogP contribution >= 0.6 is 11.8 Å². The molecule has 1 aliphatic rings. The standard InChI is InChI=1S/C9H14O2S/c1-3-5-7-8(12-7)9(10)11-6-4-2/h3,5,7-8H,4,6H2,1-2H3/b5-3+. The van der Waals surface area contributed by atoms with Gasteiger partial charge in [-0.15, -0.1) is 11.8 Å². The molecule has 0 aromatic carbocycles. The lowest BCUT2D eigenvalue weighted by molar-refractivity contribution is -0.142. The molecule has 1 aliphatic heterocycles. The van der Waals surface area contributed by atoms with Crippen LogP contribution in [0.3, 0.4) is 0 Å². The van der Waals surface area contributed by atoms with Gasteiger partial charge in [-0.1, -0.05) is 19.1 Å². The van der Waals surface area contributed by atoms with Gasteiger partial charge >= 0.3 is 5.97 Å². The highest BCUT2D eigenvalue weighted by Gasteiger charge is 2.43. The largest absolute Gasteiger partial charge is 0.465 e. The minimum atomic E-state index is -0.0510. The van der Waals surface area contributed by atoms with Crippen molar-refractivity contribution in [1.29, 1.82) is 0 Å². The average Bonchev–Trinajstić information content (AvgIpc) is 2.80. The number of carbonyl (C=O) groups excluding carboxylic acids is 1. The molecule has 1 fully saturated rings. The summed E-state index contributed by atoms with van der Waals surface area (Å²) in [6, 6.07) is 0. The fraction of sp³-hybridized carbons (Fsp3) is 0.667. The molecule has 0 saturated carbocycles. The smallest absolute Gasteiger partial charge is 0.320 e. The summed E-state index contributed by atoms with van der Waals surface area (Å²) in [5.74, 6) is -0.0510. The first kappa shape index (κ1) is 9.65. The lowest BCUT2D eigenvalue weighted by Gasteiger charge is -1.98. The van der Waals surface area contributed by atoms with E-state index in [1.54, 1.807) is 11.8 Å². The number of rotatable bonds is 4. The Morgan fingerprint density at radius 1 is 1.67 bits per heavy atom. The molecule has 0 amide bonds. The average molecular weight is 186 g/mol. The van der Waals surface area contributed by atoms with Gasteiger partial charge in [-0.3, -0.25) is 4.79 Å². The van der Waals surface area contributed by atoms with Crippen LogP contribution in [0, 0.1) is 0 Å². The van der Waals surface area contributed by atoms with Crippen LogP contribution in [0.1, 0.15) is 20.3 Å². The van der Waals surface area contributed by atoms with Crippen LogP contribution in [0.15, 0.2) is 12.2 Å². The molecule has 1 heterocycles. The summed E-state index contributed by atoms with van der Waals surface area (Å²) in [6.07, 6.45) is 4.92. The third-order valence-electron chi connectivity index (χ3n) is 1.59. The van der Waals surface area contributed by atoms with Crippen molar-refractivity contribution in [3.63, 3.8) is 0 Å². The highest BCUT2D eigenvalue weighted by molar-refractivity contribution is 8.08. The zero-order valence-corrected chi connectivity index (χ0v) is 8.26. The van der Waals surface area contributed by atoms with Crippen molar-refractivity contribution in [1.82, 2.24) is 0 Å². The normalized spacial score (nSPS) is 27.5. The first-order valence-corrected chi connectivity index (χ1v) is 5.18. The predicted octanol–water partition coefficient (Wildman–Crippen LogP) is 2.00. The molecule has 1 rings (SSSR count). The first-order chi connectivity index (χ1) is 5.79. The number of ether oxygens (including phenoxy) is 1. The third kappa shape index (κ3) is 2.55. The van der Waals surface area contributed by atoms with E-state index in [0.717, 1.165) is 6.42 Å². The molecule has 0 radical (unpaired) electrons. The Morgan fingerprint density at radius 2 is 2.42 bits per heavy atom. The van der Waals surface area contributed by atoms with Gasteiger partial charge in [0, 0.05) is 5.25 Å². The van der Waals surface area contributed by atoms with Crippen LogP contribution in [0.4, 0.5) is 0 Å². The zero-order chi connectivity index (χ0) is 8.97. The number of hydrogen-bond acceptors (Lipinski definition) is 3. The van der Waals surface area contributed by atoms with Gasteiger partial charge in [-0.05, 0) is 13.3 Å². The Bertz CT molecular complexity index is 189. The lowest BCUT2D eigenvalue weighted by atomic mass is 10.3. The quantitative estimate of drug-likeness (QED) is 0.381. The van der Waals surface area contributed by atoms with Gasteiger partial charge in [0.15, 0.2) is 0 Å². The van der Waals surface area contributed by atoms with E-state index in [-0.39, 0.29) is 11.2 Å². The van der Waals surface area contributed by atoms with E-state index in [9.17, 15) is 4.79 Å². The van der Waals surface area contributed by atoms with Crippen LogP contribution in [-0.2, 0) is 9.53 Å². The number of hydrogen-bond donors (Lipinski definition) is 0. The minimum Gasteiger partial charge on any atom is -0.465 e. The van der Waals surface area contributed by atoms with E-state index in [0.29, 0.717) is 11.9 Å². The van der Waals surface area contributed by atoms with Gasteiger partial charge in [0.25, 0.3) is 0 Å². The molecule has 1 saturated heterocycles. The molecule has 2 unspecified atom stereocenters. The van der Waals surface area contributed by atoms with E-state index in [2.05, 4.69) is 0 Å². The van der Waals surface area contributed by atoms with Gasteiger partial charge < -0.3 is 4.74 Å². The Hall–Kier alpha value is -0.440. The van der Waals surface area contributed by atoms with Gasteiger partial charge in [-0.2, -0.15) is 0 Å². The van der Waals surface area contributed by atoms with Crippen molar-refractivity contribution >= 4 is 17.7 Å².